The third-order valence-corrected chi connectivity index (χ3v) is 1.11. The Morgan fingerprint density at radius 3 is 2.31 bits per heavy atom. The van der Waals surface area contributed by atoms with Gasteiger partial charge in [0.1, 0.15) is 6.61 Å². The molecule has 0 bridgehead atoms. The lowest BCUT2D eigenvalue weighted by Crippen LogP contribution is -2.15. The number of esters is 1. The molecule has 0 aromatic rings. The van der Waals surface area contributed by atoms with Crippen molar-refractivity contribution in [1.82, 2.24) is 0 Å². The predicted octanol–water partition coefficient (Wildman–Crippen LogP) is -0.838. The van der Waals surface area contributed by atoms with Crippen molar-refractivity contribution in [2.75, 3.05) is 6.61 Å². The summed E-state index contributed by atoms with van der Waals surface area (Å²) in [5.74, 6) is -3.40. The molecule has 0 spiro atoms. The maximum absolute atomic E-state index is 10.6. The summed E-state index contributed by atoms with van der Waals surface area (Å²) in [4.78, 5) is 40.7. The maximum atomic E-state index is 10.6. The number of hydrogen-bond acceptors (Lipinski definition) is 5. The number of ketones is 1. The van der Waals surface area contributed by atoms with E-state index >= 15 is 0 Å². The fraction of sp³-hybridized carbons (Fsp3) is 0.429. The zero-order valence-electron chi connectivity index (χ0n) is 6.69. The highest BCUT2D eigenvalue weighted by atomic mass is 16.5. The van der Waals surface area contributed by atoms with E-state index in [0.717, 1.165) is 0 Å². The van der Waals surface area contributed by atoms with Gasteiger partial charge < -0.3 is 9.84 Å². The van der Waals surface area contributed by atoms with Gasteiger partial charge in [-0.1, -0.05) is 0 Å². The van der Waals surface area contributed by atoms with Crippen LogP contribution in [0.2, 0.25) is 0 Å². The minimum Gasteiger partial charge on any atom is -0.476 e. The van der Waals surface area contributed by atoms with Crippen molar-refractivity contribution in [2.24, 2.45) is 0 Å². The van der Waals surface area contributed by atoms with Gasteiger partial charge in [0.05, 0.1) is 6.42 Å². The summed E-state index contributed by atoms with van der Waals surface area (Å²) in [5.41, 5.74) is 0. The topological polar surface area (TPSA) is 97.7 Å². The molecular weight excluding hydrogens is 180 g/mol. The smallest absolute Gasteiger partial charge is 0.372 e. The van der Waals surface area contributed by atoms with Gasteiger partial charge in [0.25, 0.3) is 0 Å². The van der Waals surface area contributed by atoms with E-state index in [2.05, 4.69) is 4.74 Å². The predicted molar refractivity (Wildman–Crippen MR) is 38.9 cm³/mol. The Hall–Kier alpha value is -1.72. The number of carbonyl (C=O) groups excluding carboxylic acids is 3. The number of rotatable bonds is 6. The van der Waals surface area contributed by atoms with Crippen molar-refractivity contribution in [1.29, 1.82) is 0 Å². The quantitative estimate of drug-likeness (QED) is 0.331. The van der Waals surface area contributed by atoms with Crippen LogP contribution in [0.25, 0.3) is 0 Å². The molecule has 0 unspecified atom stereocenters. The van der Waals surface area contributed by atoms with Crippen LogP contribution in [0, 0.1) is 0 Å². The third-order valence-electron chi connectivity index (χ3n) is 1.11. The molecule has 13 heavy (non-hydrogen) atoms. The average Bonchev–Trinajstić information content (AvgIpc) is 2.10. The molecule has 0 heterocycles. The Bertz CT molecular complexity index is 231. The molecule has 0 rings (SSSR count). The number of ether oxygens (including phenoxy) is 1. The lowest BCUT2D eigenvalue weighted by molar-refractivity contribution is -0.151. The SMILES string of the molecule is O=CCOC(=O)CCC(=O)C(=O)O. The summed E-state index contributed by atoms with van der Waals surface area (Å²) >= 11 is 0. The fourth-order valence-electron chi connectivity index (χ4n) is 0.522. The number of carbonyl (C=O) groups is 4. The van der Waals surface area contributed by atoms with Gasteiger partial charge in [-0.15, -0.1) is 0 Å². The lowest BCUT2D eigenvalue weighted by atomic mass is 10.2. The van der Waals surface area contributed by atoms with Crippen molar-refractivity contribution in [2.45, 2.75) is 12.8 Å². The molecule has 1 N–H and O–H groups in total. The fourth-order valence-corrected chi connectivity index (χ4v) is 0.522. The molecule has 72 valence electrons. The van der Waals surface area contributed by atoms with Crippen LogP contribution in [0.5, 0.6) is 0 Å². The monoisotopic (exact) mass is 188 g/mol. The maximum Gasteiger partial charge on any atom is 0.372 e. The number of carboxylic acids is 1. The van der Waals surface area contributed by atoms with Crippen LogP contribution in [0.4, 0.5) is 0 Å². The average molecular weight is 188 g/mol. The van der Waals surface area contributed by atoms with Crippen molar-refractivity contribution < 1.29 is 29.0 Å². The Kier molecular flexibility index (Phi) is 5.09. The van der Waals surface area contributed by atoms with Crippen LogP contribution in [-0.4, -0.2) is 35.7 Å². The lowest BCUT2D eigenvalue weighted by Gasteiger charge is -1.97. The van der Waals surface area contributed by atoms with Gasteiger partial charge in [-0.25, -0.2) is 4.79 Å². The van der Waals surface area contributed by atoms with E-state index in [1.807, 2.05) is 0 Å². The molecule has 0 atom stereocenters. The second-order valence-electron chi connectivity index (χ2n) is 2.08. The number of Topliss-reactive ketones (excluding diaryl/α,β-unsaturated/α-hetero) is 1. The van der Waals surface area contributed by atoms with Crippen molar-refractivity contribution in [3.8, 4) is 0 Å². The van der Waals surface area contributed by atoms with Gasteiger partial charge in [-0.05, 0) is 0 Å². The van der Waals surface area contributed by atoms with Gasteiger partial charge >= 0.3 is 11.9 Å². The Balaban J connectivity index is 3.63. The van der Waals surface area contributed by atoms with Crippen LogP contribution in [0.1, 0.15) is 12.8 Å². The largest absolute Gasteiger partial charge is 0.476 e. The molecule has 0 amide bonds. The molecule has 0 aliphatic carbocycles. The Morgan fingerprint density at radius 1 is 1.23 bits per heavy atom. The number of aliphatic carboxylic acids is 1. The first-order chi connectivity index (χ1) is 6.07. The summed E-state index contributed by atoms with van der Waals surface area (Å²) in [6.07, 6.45) is -0.344. The van der Waals surface area contributed by atoms with E-state index in [1.54, 1.807) is 0 Å². The highest BCUT2D eigenvalue weighted by Gasteiger charge is 2.13. The minimum atomic E-state index is -1.58. The van der Waals surface area contributed by atoms with Crippen molar-refractivity contribution >= 4 is 24.0 Å². The second-order valence-corrected chi connectivity index (χ2v) is 2.08. The zero-order chi connectivity index (χ0) is 10.3. The summed E-state index contributed by atoms with van der Waals surface area (Å²) < 4.78 is 4.27. The molecule has 0 saturated heterocycles. The van der Waals surface area contributed by atoms with Crippen LogP contribution < -0.4 is 0 Å². The minimum absolute atomic E-state index is 0.320. The number of aldehydes is 1. The van der Waals surface area contributed by atoms with E-state index < -0.39 is 24.1 Å². The molecule has 6 heteroatoms. The van der Waals surface area contributed by atoms with Gasteiger partial charge in [-0.3, -0.25) is 14.4 Å². The van der Waals surface area contributed by atoms with Crippen molar-refractivity contribution in [3.05, 3.63) is 0 Å². The number of carboxylic acid groups (broad SMARTS) is 1. The molecule has 0 aliphatic heterocycles. The molecule has 0 saturated carbocycles. The first kappa shape index (κ1) is 11.3. The van der Waals surface area contributed by atoms with Crippen LogP contribution in [-0.2, 0) is 23.9 Å². The molecule has 6 nitrogen and oxygen atoms in total. The Labute approximate surface area is 73.5 Å². The summed E-state index contributed by atoms with van der Waals surface area (Å²) in [5, 5.41) is 8.11. The first-order valence-electron chi connectivity index (χ1n) is 3.43. The summed E-state index contributed by atoms with van der Waals surface area (Å²) in [6.45, 7) is -0.375. The van der Waals surface area contributed by atoms with E-state index in [-0.39, 0.29) is 13.0 Å². The Morgan fingerprint density at radius 2 is 1.85 bits per heavy atom. The molecule has 0 aromatic carbocycles. The molecule has 0 aliphatic rings. The molecule has 0 radical (unpaired) electrons. The van der Waals surface area contributed by atoms with E-state index in [9.17, 15) is 19.2 Å². The van der Waals surface area contributed by atoms with Crippen LogP contribution in [0.3, 0.4) is 0 Å². The summed E-state index contributed by atoms with van der Waals surface area (Å²) in [7, 11) is 0. The first-order valence-corrected chi connectivity index (χ1v) is 3.43. The highest BCUT2D eigenvalue weighted by molar-refractivity contribution is 6.32. The van der Waals surface area contributed by atoms with Gasteiger partial charge in [0.2, 0.25) is 5.78 Å². The normalized spacial score (nSPS) is 8.92. The van der Waals surface area contributed by atoms with E-state index in [4.69, 9.17) is 5.11 Å². The molecular formula is C7H8O6. The molecule has 0 aromatic heterocycles. The van der Waals surface area contributed by atoms with E-state index in [1.165, 1.54) is 0 Å². The van der Waals surface area contributed by atoms with Gasteiger partial charge in [0, 0.05) is 6.42 Å². The van der Waals surface area contributed by atoms with E-state index in [0.29, 0.717) is 6.29 Å². The second kappa shape index (κ2) is 5.87. The van der Waals surface area contributed by atoms with Crippen LogP contribution in [0.15, 0.2) is 0 Å². The third kappa shape index (κ3) is 5.54. The van der Waals surface area contributed by atoms with Crippen molar-refractivity contribution in [3.63, 3.8) is 0 Å². The molecule has 0 fully saturated rings. The standard InChI is InChI=1S/C7H8O6/c8-3-4-13-6(10)2-1-5(9)7(11)12/h3H,1-2,4H2,(H,11,12). The van der Waals surface area contributed by atoms with Crippen LogP contribution >= 0.6 is 0 Å². The number of hydrogen-bond donors (Lipinski definition) is 1. The summed E-state index contributed by atoms with van der Waals surface area (Å²) in [6, 6.07) is 0. The van der Waals surface area contributed by atoms with Gasteiger partial charge in [0.15, 0.2) is 6.29 Å². The highest BCUT2D eigenvalue weighted by Crippen LogP contribution is 1.93. The zero-order valence-corrected chi connectivity index (χ0v) is 6.69. The van der Waals surface area contributed by atoms with Gasteiger partial charge in [-0.2, -0.15) is 0 Å².